The lowest BCUT2D eigenvalue weighted by Gasteiger charge is -2.13. The van der Waals surface area contributed by atoms with Crippen molar-refractivity contribution >= 4 is 39.7 Å². The van der Waals surface area contributed by atoms with Gasteiger partial charge in [0.15, 0.2) is 0 Å². The van der Waals surface area contributed by atoms with Gasteiger partial charge in [0, 0.05) is 12.2 Å². The summed E-state index contributed by atoms with van der Waals surface area (Å²) in [6.07, 6.45) is 0.400. The van der Waals surface area contributed by atoms with Gasteiger partial charge in [-0.3, -0.25) is 0 Å². The molecule has 5 heteroatoms. The van der Waals surface area contributed by atoms with Crippen molar-refractivity contribution in [2.75, 3.05) is 18.4 Å². The molecule has 0 saturated heterocycles. The van der Waals surface area contributed by atoms with E-state index < -0.39 is 6.10 Å². The third kappa shape index (κ3) is 6.61. The third-order valence-electron chi connectivity index (χ3n) is 3.07. The Balaban J connectivity index is 0.00000200. The van der Waals surface area contributed by atoms with Gasteiger partial charge in [-0.2, -0.15) is 0 Å². The maximum Gasteiger partial charge on any atom is 0.0962 e. The SMILES string of the molecule is Br.Br.NCCc1ccc(NCC(O)c2ccccc2)cc1. The lowest BCUT2D eigenvalue weighted by molar-refractivity contribution is 0.191. The van der Waals surface area contributed by atoms with Crippen molar-refractivity contribution in [1.29, 1.82) is 0 Å². The minimum Gasteiger partial charge on any atom is -0.387 e. The summed E-state index contributed by atoms with van der Waals surface area (Å²) in [4.78, 5) is 0. The molecule has 0 aliphatic rings. The molecule has 21 heavy (non-hydrogen) atoms. The highest BCUT2D eigenvalue weighted by Gasteiger charge is 2.05. The van der Waals surface area contributed by atoms with Crippen LogP contribution >= 0.6 is 34.0 Å². The van der Waals surface area contributed by atoms with Crippen LogP contribution in [-0.4, -0.2) is 18.2 Å². The molecule has 2 aromatic carbocycles. The molecular formula is C16H22Br2N2O. The highest BCUT2D eigenvalue weighted by Crippen LogP contribution is 2.15. The number of rotatable bonds is 6. The molecule has 0 amide bonds. The minimum atomic E-state index is -0.495. The van der Waals surface area contributed by atoms with E-state index >= 15 is 0 Å². The Morgan fingerprint density at radius 3 is 2.14 bits per heavy atom. The molecule has 0 fully saturated rings. The molecule has 0 aromatic heterocycles. The van der Waals surface area contributed by atoms with Crippen molar-refractivity contribution in [3.8, 4) is 0 Å². The van der Waals surface area contributed by atoms with Crippen molar-refractivity contribution < 1.29 is 5.11 Å². The molecule has 2 rings (SSSR count). The summed E-state index contributed by atoms with van der Waals surface area (Å²) in [5.74, 6) is 0. The summed E-state index contributed by atoms with van der Waals surface area (Å²) >= 11 is 0. The highest BCUT2D eigenvalue weighted by molar-refractivity contribution is 8.93. The fourth-order valence-corrected chi connectivity index (χ4v) is 1.96. The van der Waals surface area contributed by atoms with Crippen molar-refractivity contribution in [2.24, 2.45) is 5.73 Å². The summed E-state index contributed by atoms with van der Waals surface area (Å²) in [6, 6.07) is 17.8. The first-order valence-corrected chi connectivity index (χ1v) is 6.55. The second kappa shape index (κ2) is 10.8. The molecule has 0 heterocycles. The van der Waals surface area contributed by atoms with E-state index in [2.05, 4.69) is 17.4 Å². The number of anilines is 1. The van der Waals surface area contributed by atoms with Crippen molar-refractivity contribution in [3.63, 3.8) is 0 Å². The molecule has 4 N–H and O–H groups in total. The van der Waals surface area contributed by atoms with Gasteiger partial charge in [0.2, 0.25) is 0 Å². The second-order valence-electron chi connectivity index (χ2n) is 4.54. The predicted octanol–water partition coefficient (Wildman–Crippen LogP) is 3.49. The van der Waals surface area contributed by atoms with Crippen molar-refractivity contribution in [1.82, 2.24) is 0 Å². The van der Waals surface area contributed by atoms with Crippen LogP contribution in [0.25, 0.3) is 0 Å². The molecule has 0 bridgehead atoms. The molecule has 0 aliphatic heterocycles. The van der Waals surface area contributed by atoms with Crippen LogP contribution < -0.4 is 11.1 Å². The zero-order valence-electron chi connectivity index (χ0n) is 11.7. The number of aliphatic hydroxyl groups excluding tert-OH is 1. The Morgan fingerprint density at radius 2 is 1.57 bits per heavy atom. The normalized spacial score (nSPS) is 11.0. The van der Waals surface area contributed by atoms with E-state index in [1.54, 1.807) is 0 Å². The van der Waals surface area contributed by atoms with Gasteiger partial charge in [0.05, 0.1) is 6.10 Å². The molecule has 116 valence electrons. The van der Waals surface area contributed by atoms with Crippen molar-refractivity contribution in [2.45, 2.75) is 12.5 Å². The van der Waals surface area contributed by atoms with Crippen LogP contribution in [0.3, 0.4) is 0 Å². The van der Waals surface area contributed by atoms with E-state index in [9.17, 15) is 5.11 Å². The second-order valence-corrected chi connectivity index (χ2v) is 4.54. The molecule has 0 aliphatic carbocycles. The van der Waals surface area contributed by atoms with E-state index in [-0.39, 0.29) is 34.0 Å². The largest absolute Gasteiger partial charge is 0.387 e. The van der Waals surface area contributed by atoms with Gasteiger partial charge in [0.25, 0.3) is 0 Å². The molecule has 0 saturated carbocycles. The first-order valence-electron chi connectivity index (χ1n) is 6.55. The van der Waals surface area contributed by atoms with Crippen molar-refractivity contribution in [3.05, 3.63) is 65.7 Å². The van der Waals surface area contributed by atoms with Gasteiger partial charge in [0.1, 0.15) is 0 Å². The summed E-state index contributed by atoms with van der Waals surface area (Å²) in [6.45, 7) is 1.17. The topological polar surface area (TPSA) is 58.3 Å². The van der Waals surface area contributed by atoms with E-state index in [1.165, 1.54) is 5.56 Å². The Labute approximate surface area is 147 Å². The van der Waals surface area contributed by atoms with Crippen LogP contribution in [-0.2, 0) is 6.42 Å². The predicted molar refractivity (Wildman–Crippen MR) is 99.7 cm³/mol. The average molecular weight is 418 g/mol. The molecule has 1 atom stereocenters. The van der Waals surface area contributed by atoms with Crippen LogP contribution in [0.15, 0.2) is 54.6 Å². The Hall–Kier alpha value is -0.880. The van der Waals surface area contributed by atoms with Crippen LogP contribution in [0.2, 0.25) is 0 Å². The lowest BCUT2D eigenvalue weighted by Crippen LogP contribution is -2.12. The minimum absolute atomic E-state index is 0. The number of aliphatic hydroxyl groups is 1. The van der Waals surface area contributed by atoms with Gasteiger partial charge in [-0.1, -0.05) is 42.5 Å². The van der Waals surface area contributed by atoms with Gasteiger partial charge in [-0.25, -0.2) is 0 Å². The summed E-state index contributed by atoms with van der Waals surface area (Å²) < 4.78 is 0. The molecule has 0 spiro atoms. The standard InChI is InChI=1S/C16H20N2O.2BrH/c17-11-10-13-6-8-15(9-7-13)18-12-16(19)14-4-2-1-3-5-14;;/h1-9,16,18-19H,10-12,17H2;2*1H. The number of nitrogens with one attached hydrogen (secondary N) is 1. The monoisotopic (exact) mass is 416 g/mol. The van der Waals surface area contributed by atoms with Gasteiger partial charge in [-0.15, -0.1) is 34.0 Å². The Kier molecular flexibility index (Phi) is 10.3. The maximum absolute atomic E-state index is 10.0. The number of halogens is 2. The zero-order valence-corrected chi connectivity index (χ0v) is 15.2. The molecule has 3 nitrogen and oxygen atoms in total. The van der Waals surface area contributed by atoms with E-state index in [4.69, 9.17) is 5.73 Å². The number of hydrogen-bond donors (Lipinski definition) is 3. The fraction of sp³-hybridized carbons (Fsp3) is 0.250. The highest BCUT2D eigenvalue weighted by atomic mass is 79.9. The number of hydrogen-bond acceptors (Lipinski definition) is 3. The van der Waals surface area contributed by atoms with Crippen LogP contribution in [0, 0.1) is 0 Å². The fourth-order valence-electron chi connectivity index (χ4n) is 1.96. The lowest BCUT2D eigenvalue weighted by atomic mass is 10.1. The third-order valence-corrected chi connectivity index (χ3v) is 3.07. The maximum atomic E-state index is 10.0. The Morgan fingerprint density at radius 1 is 0.952 bits per heavy atom. The molecule has 1 unspecified atom stereocenters. The first-order chi connectivity index (χ1) is 9.29. The summed E-state index contributed by atoms with van der Waals surface area (Å²) in [5.41, 5.74) is 8.68. The van der Waals surface area contributed by atoms with Gasteiger partial charge < -0.3 is 16.2 Å². The van der Waals surface area contributed by atoms with E-state index in [0.717, 1.165) is 17.7 Å². The molecule has 2 aromatic rings. The molecular weight excluding hydrogens is 396 g/mol. The molecule has 0 radical (unpaired) electrons. The summed E-state index contributed by atoms with van der Waals surface area (Å²) in [7, 11) is 0. The van der Waals surface area contributed by atoms with Crippen LogP contribution in [0.4, 0.5) is 5.69 Å². The zero-order chi connectivity index (χ0) is 13.5. The smallest absolute Gasteiger partial charge is 0.0962 e. The van der Waals surface area contributed by atoms with Crippen LogP contribution in [0.1, 0.15) is 17.2 Å². The van der Waals surface area contributed by atoms with Gasteiger partial charge >= 0.3 is 0 Å². The number of benzene rings is 2. The first kappa shape index (κ1) is 20.1. The van der Waals surface area contributed by atoms with E-state index in [0.29, 0.717) is 13.1 Å². The van der Waals surface area contributed by atoms with Crippen LogP contribution in [0.5, 0.6) is 0 Å². The average Bonchev–Trinajstić information content (AvgIpc) is 2.47. The number of nitrogens with two attached hydrogens (primary N) is 1. The Bertz CT molecular complexity index is 491. The van der Waals surface area contributed by atoms with E-state index in [1.807, 2.05) is 42.5 Å². The summed E-state index contributed by atoms with van der Waals surface area (Å²) in [5, 5.41) is 13.3. The quantitative estimate of drug-likeness (QED) is 0.674. The van der Waals surface area contributed by atoms with Gasteiger partial charge in [-0.05, 0) is 36.2 Å².